The van der Waals surface area contributed by atoms with E-state index < -0.39 is 0 Å². The van der Waals surface area contributed by atoms with Crippen LogP contribution in [0.25, 0.3) is 10.9 Å². The third-order valence-electron chi connectivity index (χ3n) is 2.55. The number of hydrogen-bond acceptors (Lipinski definition) is 1. The Morgan fingerprint density at radius 2 is 2.07 bits per heavy atom. The normalized spacial score (nSPS) is 10.6. The minimum atomic E-state index is 0.705. The molecule has 2 nitrogen and oxygen atoms in total. The summed E-state index contributed by atoms with van der Waals surface area (Å²) in [6.07, 6.45) is 2.03. The second-order valence-electron chi connectivity index (χ2n) is 3.74. The summed E-state index contributed by atoms with van der Waals surface area (Å²) in [5.74, 6) is 0.967. The van der Waals surface area contributed by atoms with Gasteiger partial charge in [-0.2, -0.15) is 0 Å². The molecule has 0 N–H and O–H groups in total. The van der Waals surface area contributed by atoms with Gasteiger partial charge in [0.25, 0.3) is 0 Å². The summed E-state index contributed by atoms with van der Waals surface area (Å²) in [5, 5.41) is 1.18. The Balaban J connectivity index is 2.72. The lowest BCUT2D eigenvalue weighted by molar-refractivity contribution is -0.644. The Labute approximate surface area is 90.1 Å². The highest BCUT2D eigenvalue weighted by Crippen LogP contribution is 2.23. The van der Waals surface area contributed by atoms with Crippen molar-refractivity contribution in [3.05, 3.63) is 36.0 Å². The molecular formula is C13H16NO+. The maximum absolute atomic E-state index is 5.62. The van der Waals surface area contributed by atoms with E-state index in [0.29, 0.717) is 6.61 Å². The first-order chi connectivity index (χ1) is 7.22. The highest BCUT2D eigenvalue weighted by Gasteiger charge is 2.09. The summed E-state index contributed by atoms with van der Waals surface area (Å²) < 4.78 is 7.72. The molecule has 0 fully saturated rings. The summed E-state index contributed by atoms with van der Waals surface area (Å²) in [5.41, 5.74) is 2.46. The zero-order valence-electron chi connectivity index (χ0n) is 9.45. The first kappa shape index (κ1) is 9.97. The molecule has 78 valence electrons. The minimum Gasteiger partial charge on any atom is -0.493 e. The fraction of sp³-hybridized carbons (Fsp3) is 0.308. The van der Waals surface area contributed by atoms with Crippen LogP contribution in [0.3, 0.4) is 0 Å². The van der Waals surface area contributed by atoms with Crippen LogP contribution in [0, 0.1) is 6.92 Å². The molecule has 2 heteroatoms. The van der Waals surface area contributed by atoms with Crippen LogP contribution in [0.15, 0.2) is 30.5 Å². The molecule has 0 saturated carbocycles. The maximum atomic E-state index is 5.62. The Morgan fingerprint density at radius 3 is 2.80 bits per heavy atom. The van der Waals surface area contributed by atoms with E-state index in [0.717, 1.165) is 5.75 Å². The molecule has 0 aliphatic heterocycles. The SMILES string of the molecule is CCOc1cc[n+](C)c2ccc(C)cc12. The smallest absolute Gasteiger partial charge is 0.216 e. The zero-order valence-corrected chi connectivity index (χ0v) is 9.45. The highest BCUT2D eigenvalue weighted by atomic mass is 16.5. The lowest BCUT2D eigenvalue weighted by Crippen LogP contribution is -2.28. The number of benzene rings is 1. The molecule has 0 bridgehead atoms. The number of pyridine rings is 1. The molecule has 0 aliphatic rings. The molecule has 0 saturated heterocycles. The summed E-state index contributed by atoms with van der Waals surface area (Å²) in [6, 6.07) is 8.44. The second-order valence-corrected chi connectivity index (χ2v) is 3.74. The average molecular weight is 202 g/mol. The quantitative estimate of drug-likeness (QED) is 0.681. The first-order valence-corrected chi connectivity index (χ1v) is 5.24. The number of aryl methyl sites for hydroxylation is 2. The molecule has 0 radical (unpaired) electrons. The molecule has 1 heterocycles. The van der Waals surface area contributed by atoms with Crippen molar-refractivity contribution in [2.24, 2.45) is 7.05 Å². The van der Waals surface area contributed by atoms with Crippen LogP contribution in [-0.2, 0) is 7.05 Å². The van der Waals surface area contributed by atoms with Gasteiger partial charge in [0.2, 0.25) is 5.52 Å². The number of nitrogens with zero attached hydrogens (tertiary/aromatic N) is 1. The molecule has 0 aliphatic carbocycles. The Bertz CT molecular complexity index is 491. The molecular weight excluding hydrogens is 186 g/mol. The van der Waals surface area contributed by atoms with Crippen molar-refractivity contribution in [2.75, 3.05) is 6.61 Å². The summed E-state index contributed by atoms with van der Waals surface area (Å²) in [4.78, 5) is 0. The van der Waals surface area contributed by atoms with E-state index in [2.05, 4.69) is 29.7 Å². The fourth-order valence-corrected chi connectivity index (χ4v) is 1.79. The first-order valence-electron chi connectivity index (χ1n) is 5.24. The molecule has 15 heavy (non-hydrogen) atoms. The van der Waals surface area contributed by atoms with Gasteiger partial charge in [0, 0.05) is 12.1 Å². The Hall–Kier alpha value is -1.57. The molecule has 0 spiro atoms. The number of fused-ring (bicyclic) bond motifs is 1. The van der Waals surface area contributed by atoms with Gasteiger partial charge < -0.3 is 4.74 Å². The van der Waals surface area contributed by atoms with E-state index in [1.807, 2.05) is 26.2 Å². The van der Waals surface area contributed by atoms with Crippen LogP contribution in [0.1, 0.15) is 12.5 Å². The van der Waals surface area contributed by atoms with Gasteiger partial charge in [0.15, 0.2) is 6.20 Å². The highest BCUT2D eigenvalue weighted by molar-refractivity contribution is 5.82. The van der Waals surface area contributed by atoms with Gasteiger partial charge >= 0.3 is 0 Å². The molecule has 0 amide bonds. The maximum Gasteiger partial charge on any atom is 0.216 e. The minimum absolute atomic E-state index is 0.705. The van der Waals surface area contributed by atoms with Crippen molar-refractivity contribution in [1.29, 1.82) is 0 Å². The van der Waals surface area contributed by atoms with Gasteiger partial charge in [-0.05, 0) is 25.5 Å². The van der Waals surface area contributed by atoms with Crippen LogP contribution in [0.2, 0.25) is 0 Å². The van der Waals surface area contributed by atoms with E-state index in [-0.39, 0.29) is 0 Å². The van der Waals surface area contributed by atoms with Crippen molar-refractivity contribution >= 4 is 10.9 Å². The Kier molecular flexibility index (Phi) is 2.58. The van der Waals surface area contributed by atoms with Gasteiger partial charge in [-0.15, -0.1) is 0 Å². The van der Waals surface area contributed by atoms with Gasteiger partial charge in [-0.1, -0.05) is 6.07 Å². The summed E-state index contributed by atoms with van der Waals surface area (Å²) in [6.45, 7) is 4.81. The third-order valence-corrected chi connectivity index (χ3v) is 2.55. The lowest BCUT2D eigenvalue weighted by atomic mass is 10.1. The second kappa shape index (κ2) is 3.89. The van der Waals surface area contributed by atoms with Crippen molar-refractivity contribution in [3.8, 4) is 5.75 Å². The van der Waals surface area contributed by atoms with Gasteiger partial charge in [-0.3, -0.25) is 0 Å². The molecule has 1 aromatic carbocycles. The van der Waals surface area contributed by atoms with Crippen molar-refractivity contribution in [1.82, 2.24) is 0 Å². The van der Waals surface area contributed by atoms with E-state index in [9.17, 15) is 0 Å². The monoisotopic (exact) mass is 202 g/mol. The van der Waals surface area contributed by atoms with Gasteiger partial charge in [0.1, 0.15) is 12.8 Å². The standard InChI is InChI=1S/C13H16NO/c1-4-15-13-7-8-14(3)12-6-5-10(2)9-11(12)13/h5-9H,4H2,1-3H3/q+1. The third kappa shape index (κ3) is 1.80. The van der Waals surface area contributed by atoms with Crippen LogP contribution in [0.4, 0.5) is 0 Å². The predicted octanol–water partition coefficient (Wildman–Crippen LogP) is 2.37. The largest absolute Gasteiger partial charge is 0.493 e. The zero-order chi connectivity index (χ0) is 10.8. The summed E-state index contributed by atoms with van der Waals surface area (Å²) >= 11 is 0. The molecule has 2 aromatic rings. The predicted molar refractivity (Wildman–Crippen MR) is 61.0 cm³/mol. The number of ether oxygens (including phenoxy) is 1. The fourth-order valence-electron chi connectivity index (χ4n) is 1.79. The van der Waals surface area contributed by atoms with E-state index >= 15 is 0 Å². The molecule has 0 unspecified atom stereocenters. The number of hydrogen-bond donors (Lipinski definition) is 0. The number of rotatable bonds is 2. The molecule has 2 rings (SSSR count). The Morgan fingerprint density at radius 1 is 1.27 bits per heavy atom. The topological polar surface area (TPSA) is 13.1 Å². The lowest BCUT2D eigenvalue weighted by Gasteiger charge is -2.06. The van der Waals surface area contributed by atoms with Crippen LogP contribution < -0.4 is 9.30 Å². The van der Waals surface area contributed by atoms with E-state index in [1.165, 1.54) is 16.5 Å². The van der Waals surface area contributed by atoms with Crippen molar-refractivity contribution in [2.45, 2.75) is 13.8 Å². The number of aromatic nitrogens is 1. The van der Waals surface area contributed by atoms with Crippen LogP contribution in [-0.4, -0.2) is 6.61 Å². The van der Waals surface area contributed by atoms with Crippen molar-refractivity contribution in [3.63, 3.8) is 0 Å². The van der Waals surface area contributed by atoms with Crippen LogP contribution in [0.5, 0.6) is 5.75 Å². The molecule has 1 aromatic heterocycles. The average Bonchev–Trinajstić information content (AvgIpc) is 2.22. The van der Waals surface area contributed by atoms with Crippen LogP contribution >= 0.6 is 0 Å². The van der Waals surface area contributed by atoms with E-state index in [1.54, 1.807) is 0 Å². The molecule has 0 atom stereocenters. The van der Waals surface area contributed by atoms with Crippen molar-refractivity contribution < 1.29 is 9.30 Å². The van der Waals surface area contributed by atoms with Gasteiger partial charge in [0.05, 0.1) is 12.0 Å². The van der Waals surface area contributed by atoms with Gasteiger partial charge in [-0.25, -0.2) is 4.57 Å². The summed E-state index contributed by atoms with van der Waals surface area (Å²) in [7, 11) is 2.05. The van der Waals surface area contributed by atoms with E-state index in [4.69, 9.17) is 4.74 Å².